The maximum Gasteiger partial charge on any atom is 0.0992 e. The Kier molecular flexibility index (Phi) is 4.39. The van der Waals surface area contributed by atoms with E-state index < -0.39 is 0 Å². The smallest absolute Gasteiger partial charge is 0.0992 e. The number of benzene rings is 2. The fraction of sp³-hybridized carbons (Fsp3) is 0.235. The van der Waals surface area contributed by atoms with Crippen molar-refractivity contribution in [3.63, 3.8) is 0 Å². The van der Waals surface area contributed by atoms with Gasteiger partial charge in [-0.05, 0) is 42.3 Å². The van der Waals surface area contributed by atoms with Gasteiger partial charge in [-0.25, -0.2) is 0 Å². The third-order valence-corrected chi connectivity index (χ3v) is 3.51. The monoisotopic (exact) mass is 265 g/mol. The highest BCUT2D eigenvalue weighted by molar-refractivity contribution is 5.64. The van der Waals surface area contributed by atoms with Crippen LogP contribution in [0.25, 0.3) is 0 Å². The minimum Gasteiger partial charge on any atom is -0.345 e. The van der Waals surface area contributed by atoms with Crippen molar-refractivity contribution in [1.29, 1.82) is 5.26 Å². The summed E-state index contributed by atoms with van der Waals surface area (Å²) in [6.07, 6.45) is 0.930. The van der Waals surface area contributed by atoms with Crippen LogP contribution in [0, 0.1) is 11.3 Å². The van der Waals surface area contributed by atoms with Gasteiger partial charge in [0.25, 0.3) is 0 Å². The number of hydrogen-bond donors (Lipinski definition) is 1. The van der Waals surface area contributed by atoms with Gasteiger partial charge in [0.05, 0.1) is 11.6 Å². The van der Waals surface area contributed by atoms with Crippen molar-refractivity contribution in [1.82, 2.24) is 0 Å². The Hall–Kier alpha value is -2.31. The molecule has 0 bridgehead atoms. The van der Waals surface area contributed by atoms with Crippen LogP contribution in [0.5, 0.6) is 0 Å². The summed E-state index contributed by atoms with van der Waals surface area (Å²) in [5.41, 5.74) is 9.91. The normalized spacial score (nSPS) is 11.7. The molecule has 20 heavy (non-hydrogen) atoms. The van der Waals surface area contributed by atoms with Gasteiger partial charge in [0.2, 0.25) is 0 Å². The predicted octanol–water partition coefficient (Wildman–Crippen LogP) is 3.74. The number of hydrogen-bond acceptors (Lipinski definition) is 3. The van der Waals surface area contributed by atoms with Gasteiger partial charge < -0.3 is 10.6 Å². The quantitative estimate of drug-likeness (QED) is 0.916. The van der Waals surface area contributed by atoms with E-state index in [1.165, 1.54) is 0 Å². The third-order valence-electron chi connectivity index (χ3n) is 3.51. The number of rotatable bonds is 4. The summed E-state index contributed by atoms with van der Waals surface area (Å²) in [6.45, 7) is 2.08. The largest absolute Gasteiger partial charge is 0.345 e. The first-order chi connectivity index (χ1) is 9.65. The van der Waals surface area contributed by atoms with Crippen LogP contribution < -0.4 is 10.6 Å². The summed E-state index contributed by atoms with van der Waals surface area (Å²) in [7, 11) is 1.99. The number of nitrogens with zero attached hydrogens (tertiary/aromatic N) is 2. The van der Waals surface area contributed by atoms with Gasteiger partial charge in [-0.1, -0.05) is 25.1 Å². The molecule has 2 aromatic rings. The molecule has 0 aliphatic carbocycles. The highest BCUT2D eigenvalue weighted by Gasteiger charge is 2.07. The topological polar surface area (TPSA) is 53.0 Å². The van der Waals surface area contributed by atoms with Crippen LogP contribution in [0.3, 0.4) is 0 Å². The molecule has 0 spiro atoms. The van der Waals surface area contributed by atoms with Crippen LogP contribution in [0.15, 0.2) is 48.5 Å². The maximum atomic E-state index is 8.96. The van der Waals surface area contributed by atoms with Gasteiger partial charge in [-0.15, -0.1) is 0 Å². The summed E-state index contributed by atoms with van der Waals surface area (Å²) < 4.78 is 0. The summed E-state index contributed by atoms with van der Waals surface area (Å²) in [4.78, 5) is 2.06. The fourth-order valence-electron chi connectivity index (χ4n) is 2.11. The Morgan fingerprint density at radius 2 is 1.85 bits per heavy atom. The van der Waals surface area contributed by atoms with E-state index in [9.17, 15) is 0 Å². The fourth-order valence-corrected chi connectivity index (χ4v) is 2.11. The van der Waals surface area contributed by atoms with Crippen molar-refractivity contribution in [2.45, 2.75) is 19.4 Å². The van der Waals surface area contributed by atoms with E-state index >= 15 is 0 Å². The van der Waals surface area contributed by atoms with Crippen LogP contribution in [0.2, 0.25) is 0 Å². The molecule has 0 saturated heterocycles. The zero-order chi connectivity index (χ0) is 14.5. The predicted molar refractivity (Wildman–Crippen MR) is 82.9 cm³/mol. The van der Waals surface area contributed by atoms with E-state index in [4.69, 9.17) is 11.0 Å². The molecule has 102 valence electrons. The van der Waals surface area contributed by atoms with Gasteiger partial charge in [-0.2, -0.15) is 5.26 Å². The molecule has 0 aliphatic heterocycles. The van der Waals surface area contributed by atoms with E-state index in [0.29, 0.717) is 5.56 Å². The second-order valence-corrected chi connectivity index (χ2v) is 4.83. The minimum absolute atomic E-state index is 0.0938. The molecule has 3 nitrogen and oxygen atoms in total. The summed E-state index contributed by atoms with van der Waals surface area (Å²) in [5.74, 6) is 0. The summed E-state index contributed by atoms with van der Waals surface area (Å²) in [6, 6.07) is 18.1. The molecule has 0 amide bonds. The number of nitriles is 1. The molecule has 0 heterocycles. The van der Waals surface area contributed by atoms with Gasteiger partial charge in [0.15, 0.2) is 0 Å². The summed E-state index contributed by atoms with van der Waals surface area (Å²) >= 11 is 0. The third kappa shape index (κ3) is 2.98. The molecule has 1 unspecified atom stereocenters. The lowest BCUT2D eigenvalue weighted by atomic mass is 10.0. The lowest BCUT2D eigenvalue weighted by molar-refractivity contribution is 0.699. The van der Waals surface area contributed by atoms with Crippen molar-refractivity contribution in [3.05, 3.63) is 59.7 Å². The van der Waals surface area contributed by atoms with Crippen molar-refractivity contribution in [2.24, 2.45) is 5.73 Å². The highest BCUT2D eigenvalue weighted by Crippen LogP contribution is 2.25. The second-order valence-electron chi connectivity index (χ2n) is 4.83. The standard InChI is InChI=1S/C17H19N3/c1-3-17(19)14-7-9-15(10-8-14)20(2)16-6-4-5-13(11-16)12-18/h4-11,17H,3,19H2,1-2H3. The molecular formula is C17H19N3. The van der Waals surface area contributed by atoms with Gasteiger partial charge in [0.1, 0.15) is 0 Å². The lowest BCUT2D eigenvalue weighted by Gasteiger charge is -2.20. The van der Waals surface area contributed by atoms with E-state index in [-0.39, 0.29) is 6.04 Å². The minimum atomic E-state index is 0.0938. The van der Waals surface area contributed by atoms with Crippen molar-refractivity contribution in [2.75, 3.05) is 11.9 Å². The molecule has 1 atom stereocenters. The van der Waals surface area contributed by atoms with E-state index in [2.05, 4.69) is 42.2 Å². The maximum absolute atomic E-state index is 8.96. The van der Waals surface area contributed by atoms with Crippen LogP contribution in [0.4, 0.5) is 11.4 Å². The number of anilines is 2. The molecule has 2 rings (SSSR count). The van der Waals surface area contributed by atoms with Gasteiger partial charge in [0, 0.05) is 24.5 Å². The molecule has 0 fully saturated rings. The molecule has 0 aliphatic rings. The zero-order valence-electron chi connectivity index (χ0n) is 11.9. The second kappa shape index (κ2) is 6.23. The molecule has 2 N–H and O–H groups in total. The Labute approximate surface area is 120 Å². The van der Waals surface area contributed by atoms with Crippen LogP contribution in [-0.4, -0.2) is 7.05 Å². The lowest BCUT2D eigenvalue weighted by Crippen LogP contribution is -2.11. The Bertz CT molecular complexity index is 611. The molecule has 3 heteroatoms. The Morgan fingerprint density at radius 3 is 2.45 bits per heavy atom. The van der Waals surface area contributed by atoms with Crippen molar-refractivity contribution < 1.29 is 0 Å². The number of nitrogens with two attached hydrogens (primary N) is 1. The van der Waals surface area contributed by atoms with E-state index in [1.807, 2.05) is 25.2 Å². The first kappa shape index (κ1) is 14.1. The van der Waals surface area contributed by atoms with Crippen molar-refractivity contribution >= 4 is 11.4 Å². The molecule has 0 saturated carbocycles. The van der Waals surface area contributed by atoms with E-state index in [0.717, 1.165) is 23.4 Å². The van der Waals surface area contributed by atoms with E-state index in [1.54, 1.807) is 6.07 Å². The average molecular weight is 265 g/mol. The van der Waals surface area contributed by atoms with Gasteiger partial charge in [-0.3, -0.25) is 0 Å². The molecular weight excluding hydrogens is 246 g/mol. The average Bonchev–Trinajstić information content (AvgIpc) is 2.53. The van der Waals surface area contributed by atoms with Gasteiger partial charge >= 0.3 is 0 Å². The molecule has 2 aromatic carbocycles. The van der Waals surface area contributed by atoms with Crippen LogP contribution in [0.1, 0.15) is 30.5 Å². The zero-order valence-corrected chi connectivity index (χ0v) is 11.9. The molecule has 0 aromatic heterocycles. The van der Waals surface area contributed by atoms with Crippen molar-refractivity contribution in [3.8, 4) is 6.07 Å². The Morgan fingerprint density at radius 1 is 1.15 bits per heavy atom. The Balaban J connectivity index is 2.24. The first-order valence-corrected chi connectivity index (χ1v) is 6.75. The first-order valence-electron chi connectivity index (χ1n) is 6.75. The SMILES string of the molecule is CCC(N)c1ccc(N(C)c2cccc(C#N)c2)cc1. The van der Waals surface area contributed by atoms with Crippen LogP contribution in [-0.2, 0) is 0 Å². The molecule has 0 radical (unpaired) electrons. The van der Waals surface area contributed by atoms with Crippen LogP contribution >= 0.6 is 0 Å². The summed E-state index contributed by atoms with van der Waals surface area (Å²) in [5, 5.41) is 8.96. The highest BCUT2D eigenvalue weighted by atomic mass is 15.1.